The van der Waals surface area contributed by atoms with Crippen molar-refractivity contribution in [3.63, 3.8) is 0 Å². The summed E-state index contributed by atoms with van der Waals surface area (Å²) in [4.78, 5) is 11.6. The van der Waals surface area contributed by atoms with Gasteiger partial charge in [-0.3, -0.25) is 0 Å². The average Bonchev–Trinajstić information content (AvgIpc) is 2.81. The maximum absolute atomic E-state index is 11.6. The van der Waals surface area contributed by atoms with Crippen LogP contribution in [0.2, 0.25) is 0 Å². The summed E-state index contributed by atoms with van der Waals surface area (Å²) in [5, 5.41) is 5.99. The summed E-state index contributed by atoms with van der Waals surface area (Å²) < 4.78 is 5.25. The van der Waals surface area contributed by atoms with Crippen molar-refractivity contribution in [2.24, 2.45) is 5.92 Å². The van der Waals surface area contributed by atoms with E-state index in [1.54, 1.807) is 0 Å². The Hall–Kier alpha value is -0.770. The Bertz CT molecular complexity index is 221. The Morgan fingerprint density at radius 3 is 2.50 bits per heavy atom. The minimum absolute atomic E-state index is 0.00111. The fourth-order valence-corrected chi connectivity index (χ4v) is 2.53. The molecule has 0 aromatic heterocycles. The van der Waals surface area contributed by atoms with Crippen molar-refractivity contribution in [2.45, 2.75) is 44.6 Å². The molecule has 2 amide bonds. The number of rotatable bonds is 3. The number of ether oxygens (including phenoxy) is 1. The van der Waals surface area contributed by atoms with Gasteiger partial charge in [0.2, 0.25) is 0 Å². The molecule has 92 valence electrons. The van der Waals surface area contributed by atoms with Crippen LogP contribution in [0.3, 0.4) is 0 Å². The first-order valence-corrected chi connectivity index (χ1v) is 6.46. The van der Waals surface area contributed by atoms with E-state index in [2.05, 4.69) is 10.6 Å². The van der Waals surface area contributed by atoms with Crippen LogP contribution in [-0.4, -0.2) is 31.8 Å². The summed E-state index contributed by atoms with van der Waals surface area (Å²) in [5.41, 5.74) is 0. The number of carbonyl (C=O) groups is 1. The van der Waals surface area contributed by atoms with Gasteiger partial charge in [0.25, 0.3) is 0 Å². The Morgan fingerprint density at radius 2 is 1.81 bits per heavy atom. The molecule has 0 bridgehead atoms. The summed E-state index contributed by atoms with van der Waals surface area (Å²) in [6.07, 6.45) is 7.09. The molecule has 0 spiro atoms. The molecule has 16 heavy (non-hydrogen) atoms. The van der Waals surface area contributed by atoms with Crippen LogP contribution in [0.4, 0.5) is 4.79 Å². The van der Waals surface area contributed by atoms with Gasteiger partial charge in [-0.2, -0.15) is 0 Å². The van der Waals surface area contributed by atoms with Crippen LogP contribution in [0.25, 0.3) is 0 Å². The van der Waals surface area contributed by atoms with Gasteiger partial charge in [0.05, 0.1) is 0 Å². The van der Waals surface area contributed by atoms with Crippen molar-refractivity contribution in [3.05, 3.63) is 0 Å². The van der Waals surface area contributed by atoms with Crippen LogP contribution in [0.15, 0.2) is 0 Å². The molecule has 1 aliphatic carbocycles. The second kappa shape index (κ2) is 6.09. The lowest BCUT2D eigenvalue weighted by atomic mass is 10.1. The van der Waals surface area contributed by atoms with Crippen molar-refractivity contribution in [1.82, 2.24) is 10.6 Å². The smallest absolute Gasteiger partial charge is 0.315 e. The summed E-state index contributed by atoms with van der Waals surface area (Å²) in [6.45, 7) is 2.39. The Labute approximate surface area is 97.1 Å². The second-order valence-corrected chi connectivity index (χ2v) is 4.89. The molecule has 2 rings (SSSR count). The number of carbonyl (C=O) groups excluding carboxylic acids is 1. The number of amides is 2. The highest BCUT2D eigenvalue weighted by atomic mass is 16.5. The predicted molar refractivity (Wildman–Crippen MR) is 62.3 cm³/mol. The molecule has 2 fully saturated rings. The van der Waals surface area contributed by atoms with E-state index in [1.807, 2.05) is 0 Å². The minimum Gasteiger partial charge on any atom is -0.381 e. The molecule has 4 heteroatoms. The maximum atomic E-state index is 11.6. The SMILES string of the molecule is O=C(NCC1CCCC1)NC1CCOCC1. The lowest BCUT2D eigenvalue weighted by Crippen LogP contribution is -2.45. The topological polar surface area (TPSA) is 50.4 Å². The third-order valence-electron chi connectivity index (χ3n) is 3.58. The molecule has 4 nitrogen and oxygen atoms in total. The van der Waals surface area contributed by atoms with Gasteiger partial charge in [-0.1, -0.05) is 12.8 Å². The van der Waals surface area contributed by atoms with E-state index in [0.717, 1.165) is 32.6 Å². The van der Waals surface area contributed by atoms with Gasteiger partial charge >= 0.3 is 6.03 Å². The van der Waals surface area contributed by atoms with Crippen molar-refractivity contribution in [2.75, 3.05) is 19.8 Å². The predicted octanol–water partition coefficient (Wildman–Crippen LogP) is 1.65. The lowest BCUT2D eigenvalue weighted by Gasteiger charge is -2.23. The van der Waals surface area contributed by atoms with E-state index in [1.165, 1.54) is 25.7 Å². The van der Waals surface area contributed by atoms with Crippen molar-refractivity contribution < 1.29 is 9.53 Å². The average molecular weight is 226 g/mol. The highest BCUT2D eigenvalue weighted by Crippen LogP contribution is 2.23. The van der Waals surface area contributed by atoms with Crippen molar-refractivity contribution in [1.29, 1.82) is 0 Å². The summed E-state index contributed by atoms with van der Waals surface area (Å²) in [5.74, 6) is 0.709. The first-order chi connectivity index (χ1) is 7.84. The first-order valence-electron chi connectivity index (χ1n) is 6.46. The highest BCUT2D eigenvalue weighted by Gasteiger charge is 2.18. The fraction of sp³-hybridized carbons (Fsp3) is 0.917. The van der Waals surface area contributed by atoms with E-state index in [0.29, 0.717) is 12.0 Å². The molecular weight excluding hydrogens is 204 g/mol. The third kappa shape index (κ3) is 3.67. The molecular formula is C12H22N2O2. The zero-order valence-electron chi connectivity index (χ0n) is 9.84. The van der Waals surface area contributed by atoms with E-state index in [9.17, 15) is 4.79 Å². The zero-order valence-corrected chi connectivity index (χ0v) is 9.84. The standard InChI is InChI=1S/C12H22N2O2/c15-12(13-9-10-3-1-2-4-10)14-11-5-7-16-8-6-11/h10-11H,1-9H2,(H2,13,14,15). The summed E-state index contributed by atoms with van der Waals surface area (Å²) in [7, 11) is 0. The first kappa shape index (κ1) is 11.7. The number of urea groups is 1. The zero-order chi connectivity index (χ0) is 11.2. The number of nitrogens with one attached hydrogen (secondary N) is 2. The monoisotopic (exact) mass is 226 g/mol. The lowest BCUT2D eigenvalue weighted by molar-refractivity contribution is 0.0800. The van der Waals surface area contributed by atoms with E-state index in [4.69, 9.17) is 4.74 Å². The van der Waals surface area contributed by atoms with E-state index in [-0.39, 0.29) is 6.03 Å². The second-order valence-electron chi connectivity index (χ2n) is 4.89. The molecule has 1 aliphatic heterocycles. The van der Waals surface area contributed by atoms with Gasteiger partial charge in [-0.25, -0.2) is 4.79 Å². The van der Waals surface area contributed by atoms with Gasteiger partial charge in [0.1, 0.15) is 0 Å². The molecule has 1 heterocycles. The Morgan fingerprint density at radius 1 is 1.12 bits per heavy atom. The molecule has 0 atom stereocenters. The minimum atomic E-state index is -0.00111. The Balaban J connectivity index is 1.59. The molecule has 2 N–H and O–H groups in total. The van der Waals surface area contributed by atoms with E-state index >= 15 is 0 Å². The number of hydrogen-bond donors (Lipinski definition) is 2. The highest BCUT2D eigenvalue weighted by molar-refractivity contribution is 5.74. The molecule has 0 radical (unpaired) electrons. The molecule has 0 unspecified atom stereocenters. The molecule has 1 saturated carbocycles. The van der Waals surface area contributed by atoms with Crippen LogP contribution < -0.4 is 10.6 Å². The van der Waals surface area contributed by atoms with Crippen molar-refractivity contribution >= 4 is 6.03 Å². The molecule has 0 aromatic carbocycles. The third-order valence-corrected chi connectivity index (χ3v) is 3.58. The van der Waals surface area contributed by atoms with Gasteiger partial charge < -0.3 is 15.4 Å². The van der Waals surface area contributed by atoms with Crippen LogP contribution in [0.5, 0.6) is 0 Å². The summed E-state index contributed by atoms with van der Waals surface area (Å²) >= 11 is 0. The van der Waals surface area contributed by atoms with E-state index < -0.39 is 0 Å². The number of hydrogen-bond acceptors (Lipinski definition) is 2. The largest absolute Gasteiger partial charge is 0.381 e. The van der Waals surface area contributed by atoms with Crippen LogP contribution in [0.1, 0.15) is 38.5 Å². The molecule has 1 saturated heterocycles. The maximum Gasteiger partial charge on any atom is 0.315 e. The van der Waals surface area contributed by atoms with Crippen LogP contribution in [0, 0.1) is 5.92 Å². The normalized spacial score (nSPS) is 23.2. The van der Waals surface area contributed by atoms with Gasteiger partial charge in [-0.15, -0.1) is 0 Å². The van der Waals surface area contributed by atoms with Gasteiger partial charge in [-0.05, 0) is 31.6 Å². The molecule has 2 aliphatic rings. The van der Waals surface area contributed by atoms with Crippen LogP contribution >= 0.6 is 0 Å². The quantitative estimate of drug-likeness (QED) is 0.769. The molecule has 0 aromatic rings. The Kier molecular flexibility index (Phi) is 4.45. The van der Waals surface area contributed by atoms with Crippen molar-refractivity contribution in [3.8, 4) is 0 Å². The summed E-state index contributed by atoms with van der Waals surface area (Å²) in [6, 6.07) is 0.302. The fourth-order valence-electron chi connectivity index (χ4n) is 2.53. The van der Waals surface area contributed by atoms with Gasteiger partial charge in [0, 0.05) is 25.8 Å². The van der Waals surface area contributed by atoms with Gasteiger partial charge in [0.15, 0.2) is 0 Å². The van der Waals surface area contributed by atoms with Crippen LogP contribution in [-0.2, 0) is 4.74 Å².